The summed E-state index contributed by atoms with van der Waals surface area (Å²) in [5, 5.41) is 12.7. The van der Waals surface area contributed by atoms with Crippen LogP contribution in [0, 0.1) is 11.3 Å². The van der Waals surface area contributed by atoms with Crippen molar-refractivity contribution in [1.82, 2.24) is 0 Å². The summed E-state index contributed by atoms with van der Waals surface area (Å²) in [5.41, 5.74) is 8.37. The van der Waals surface area contributed by atoms with Gasteiger partial charge in [-0.2, -0.15) is 5.26 Å². The van der Waals surface area contributed by atoms with E-state index in [2.05, 4.69) is 11.4 Å². The smallest absolute Gasteiger partial charge is 0.101 e. The number of hydrogen-bond acceptors (Lipinski definition) is 3. The zero-order valence-corrected chi connectivity index (χ0v) is 9.70. The summed E-state index contributed by atoms with van der Waals surface area (Å²) in [6.07, 6.45) is 0. The van der Waals surface area contributed by atoms with E-state index in [4.69, 9.17) is 22.6 Å². The Kier molecular flexibility index (Phi) is 3.17. The SMILES string of the molecule is N#Cc1ccc(Cl)cc1Nc1ccccc1N. The Morgan fingerprint density at radius 3 is 2.59 bits per heavy atom. The maximum absolute atomic E-state index is 8.99. The second-order valence-electron chi connectivity index (χ2n) is 3.51. The molecule has 3 N–H and O–H groups in total. The molecule has 0 heterocycles. The van der Waals surface area contributed by atoms with E-state index in [9.17, 15) is 0 Å². The Labute approximate surface area is 104 Å². The van der Waals surface area contributed by atoms with Crippen LogP contribution in [0.3, 0.4) is 0 Å². The van der Waals surface area contributed by atoms with Crippen molar-refractivity contribution in [1.29, 1.82) is 5.26 Å². The van der Waals surface area contributed by atoms with Gasteiger partial charge in [0.25, 0.3) is 0 Å². The molecule has 0 unspecified atom stereocenters. The van der Waals surface area contributed by atoms with Gasteiger partial charge in [-0.3, -0.25) is 0 Å². The van der Waals surface area contributed by atoms with Crippen molar-refractivity contribution in [3.63, 3.8) is 0 Å². The molecule has 0 saturated carbocycles. The Hall–Kier alpha value is -2.18. The minimum absolute atomic E-state index is 0.526. The van der Waals surface area contributed by atoms with Crippen LogP contribution in [-0.2, 0) is 0 Å². The summed E-state index contributed by atoms with van der Waals surface area (Å²) in [7, 11) is 0. The van der Waals surface area contributed by atoms with Gasteiger partial charge in [-0.25, -0.2) is 0 Å². The summed E-state index contributed by atoms with van der Waals surface area (Å²) < 4.78 is 0. The van der Waals surface area contributed by atoms with Gasteiger partial charge >= 0.3 is 0 Å². The Morgan fingerprint density at radius 2 is 1.88 bits per heavy atom. The number of nitrogens with zero attached hydrogens (tertiary/aromatic N) is 1. The molecule has 0 saturated heterocycles. The molecule has 0 amide bonds. The number of benzene rings is 2. The quantitative estimate of drug-likeness (QED) is 0.793. The number of rotatable bonds is 2. The molecule has 0 spiro atoms. The number of nitriles is 1. The van der Waals surface area contributed by atoms with Gasteiger partial charge in [-0.1, -0.05) is 23.7 Å². The van der Waals surface area contributed by atoms with Crippen LogP contribution in [0.2, 0.25) is 5.02 Å². The van der Waals surface area contributed by atoms with Gasteiger partial charge in [-0.15, -0.1) is 0 Å². The van der Waals surface area contributed by atoms with Crippen LogP contribution in [-0.4, -0.2) is 0 Å². The Balaban J connectivity index is 2.40. The topological polar surface area (TPSA) is 61.8 Å². The summed E-state index contributed by atoms with van der Waals surface area (Å²) in [6, 6.07) is 14.5. The minimum atomic E-state index is 0.526. The van der Waals surface area contributed by atoms with Crippen molar-refractivity contribution in [2.24, 2.45) is 0 Å². The van der Waals surface area contributed by atoms with Gasteiger partial charge in [0.05, 0.1) is 22.6 Å². The third kappa shape index (κ3) is 2.49. The second-order valence-corrected chi connectivity index (χ2v) is 3.95. The lowest BCUT2D eigenvalue weighted by molar-refractivity contribution is 1.46. The second kappa shape index (κ2) is 4.77. The third-order valence-corrected chi connectivity index (χ3v) is 2.57. The molecule has 0 atom stereocenters. The highest BCUT2D eigenvalue weighted by atomic mass is 35.5. The van der Waals surface area contributed by atoms with Crippen LogP contribution < -0.4 is 11.1 Å². The lowest BCUT2D eigenvalue weighted by Crippen LogP contribution is -1.97. The number of anilines is 3. The normalized spacial score (nSPS) is 9.65. The molecule has 3 nitrogen and oxygen atoms in total. The number of halogens is 1. The molecule has 0 aliphatic carbocycles. The summed E-state index contributed by atoms with van der Waals surface area (Å²) in [5.74, 6) is 0. The number of nitrogens with two attached hydrogens (primary N) is 1. The lowest BCUT2D eigenvalue weighted by atomic mass is 10.2. The van der Waals surface area contributed by atoms with E-state index >= 15 is 0 Å². The fourth-order valence-corrected chi connectivity index (χ4v) is 1.65. The average molecular weight is 244 g/mol. The van der Waals surface area contributed by atoms with Crippen molar-refractivity contribution in [2.45, 2.75) is 0 Å². The van der Waals surface area contributed by atoms with Crippen molar-refractivity contribution in [3.05, 3.63) is 53.1 Å². The standard InChI is InChI=1S/C13H10ClN3/c14-10-6-5-9(8-15)13(7-10)17-12-4-2-1-3-11(12)16/h1-7,17H,16H2. The molecule has 17 heavy (non-hydrogen) atoms. The molecule has 0 aromatic heterocycles. The zero-order chi connectivity index (χ0) is 12.3. The van der Waals surface area contributed by atoms with Crippen molar-refractivity contribution in [2.75, 3.05) is 11.1 Å². The minimum Gasteiger partial charge on any atom is -0.397 e. The molecular formula is C13H10ClN3. The van der Waals surface area contributed by atoms with Crippen LogP contribution in [0.1, 0.15) is 5.56 Å². The van der Waals surface area contributed by atoms with E-state index in [1.54, 1.807) is 24.3 Å². The van der Waals surface area contributed by atoms with E-state index in [-0.39, 0.29) is 0 Å². The molecule has 0 bridgehead atoms. The average Bonchev–Trinajstić information content (AvgIpc) is 2.32. The summed E-state index contributed by atoms with van der Waals surface area (Å²) in [4.78, 5) is 0. The molecule has 0 radical (unpaired) electrons. The van der Waals surface area contributed by atoms with Crippen LogP contribution in [0.15, 0.2) is 42.5 Å². The molecule has 84 valence electrons. The van der Waals surface area contributed by atoms with Gasteiger partial charge < -0.3 is 11.1 Å². The highest BCUT2D eigenvalue weighted by Gasteiger charge is 2.04. The fraction of sp³-hybridized carbons (Fsp3) is 0. The number of nitrogen functional groups attached to an aromatic ring is 1. The maximum Gasteiger partial charge on any atom is 0.101 e. The van der Waals surface area contributed by atoms with Gasteiger partial charge in [0.1, 0.15) is 6.07 Å². The first-order chi connectivity index (χ1) is 8.20. The predicted octanol–water partition coefficient (Wildman–Crippen LogP) is 3.54. The lowest BCUT2D eigenvalue weighted by Gasteiger charge is -2.10. The molecule has 0 aliphatic heterocycles. The number of hydrogen-bond donors (Lipinski definition) is 2. The van der Waals surface area contributed by atoms with Crippen LogP contribution in [0.4, 0.5) is 17.1 Å². The summed E-state index contributed by atoms with van der Waals surface area (Å²) >= 11 is 5.90. The van der Waals surface area contributed by atoms with E-state index in [1.807, 2.05) is 18.2 Å². The molecule has 2 rings (SSSR count). The highest BCUT2D eigenvalue weighted by Crippen LogP contribution is 2.27. The largest absolute Gasteiger partial charge is 0.397 e. The first kappa shape index (κ1) is 11.3. The Morgan fingerprint density at radius 1 is 1.12 bits per heavy atom. The van der Waals surface area contributed by atoms with Crippen LogP contribution >= 0.6 is 11.6 Å². The van der Waals surface area contributed by atoms with Crippen LogP contribution in [0.25, 0.3) is 0 Å². The highest BCUT2D eigenvalue weighted by molar-refractivity contribution is 6.30. The van der Waals surface area contributed by atoms with Gasteiger partial charge in [-0.05, 0) is 30.3 Å². The maximum atomic E-state index is 8.99. The number of nitrogens with one attached hydrogen (secondary N) is 1. The van der Waals surface area contributed by atoms with Crippen molar-refractivity contribution >= 4 is 28.7 Å². The molecule has 0 aliphatic rings. The summed E-state index contributed by atoms with van der Waals surface area (Å²) in [6.45, 7) is 0. The number of para-hydroxylation sites is 2. The zero-order valence-electron chi connectivity index (χ0n) is 8.94. The van der Waals surface area contributed by atoms with E-state index in [0.29, 0.717) is 22.0 Å². The Bertz CT molecular complexity index is 587. The fourth-order valence-electron chi connectivity index (χ4n) is 1.47. The first-order valence-electron chi connectivity index (χ1n) is 5.02. The molecular weight excluding hydrogens is 234 g/mol. The van der Waals surface area contributed by atoms with Crippen LogP contribution in [0.5, 0.6) is 0 Å². The molecule has 4 heteroatoms. The monoisotopic (exact) mass is 243 g/mol. The van der Waals surface area contributed by atoms with E-state index in [1.165, 1.54) is 0 Å². The van der Waals surface area contributed by atoms with Gasteiger partial charge in [0, 0.05) is 5.02 Å². The molecule has 2 aromatic carbocycles. The first-order valence-corrected chi connectivity index (χ1v) is 5.39. The van der Waals surface area contributed by atoms with Gasteiger partial charge in [0.15, 0.2) is 0 Å². The molecule has 0 fully saturated rings. The van der Waals surface area contributed by atoms with Gasteiger partial charge in [0.2, 0.25) is 0 Å². The van der Waals surface area contributed by atoms with Crippen molar-refractivity contribution < 1.29 is 0 Å². The van der Waals surface area contributed by atoms with E-state index < -0.39 is 0 Å². The van der Waals surface area contributed by atoms with Crippen molar-refractivity contribution in [3.8, 4) is 6.07 Å². The third-order valence-electron chi connectivity index (χ3n) is 2.33. The predicted molar refractivity (Wildman–Crippen MR) is 70.3 cm³/mol. The molecule has 2 aromatic rings. The van der Waals surface area contributed by atoms with E-state index in [0.717, 1.165) is 5.69 Å².